The van der Waals surface area contributed by atoms with Crippen LogP contribution in [0.3, 0.4) is 0 Å². The molecule has 22 nitrogen and oxygen atoms in total. The fourth-order valence-electron chi connectivity index (χ4n) is 6.16. The number of aliphatic hydroxyl groups is 1. The van der Waals surface area contributed by atoms with Crippen LogP contribution in [-0.2, 0) is 54.4 Å². The number of hydrogen-bond donors (Lipinski definition) is 11. The molecule has 0 saturated carbocycles. The lowest BCUT2D eigenvalue weighted by atomic mass is 10.0. The molecule has 1 fully saturated rings. The third kappa shape index (κ3) is 15.5. The number of nitrogens with one attached hydrogen (secondary N) is 6. The molecule has 332 valence electrons. The zero-order chi connectivity index (χ0) is 45.4. The second kappa shape index (κ2) is 23.4. The molecule has 14 N–H and O–H groups in total. The first-order chi connectivity index (χ1) is 28.0. The quantitative estimate of drug-likeness (QED) is 0.0528. The molecule has 7 atom stereocenters. The van der Waals surface area contributed by atoms with Crippen LogP contribution in [0.15, 0.2) is 24.3 Å². The molecule has 1 aromatic rings. The SMILES string of the molecule is CC(=O)N[C@@H](CO)C(=O)N[C@@H](CCC(N)=O)C(=O)N[C@@H](CC(N)=O)C(=O)N[C@@H](Cc1ccc(O)cc1)C(=O)N1CCC[C@H]1C(=O)N[C@H](C(=O)NC(=O)[C@@H](N)C(C)C)C(C)C. The summed E-state index contributed by atoms with van der Waals surface area (Å²) < 4.78 is 0. The molecule has 60 heavy (non-hydrogen) atoms. The van der Waals surface area contributed by atoms with Crippen LogP contribution in [0.5, 0.6) is 5.75 Å². The van der Waals surface area contributed by atoms with Gasteiger partial charge in [-0.3, -0.25) is 53.3 Å². The molecule has 22 heteroatoms. The second-order valence-corrected chi connectivity index (χ2v) is 15.2. The molecule has 0 bridgehead atoms. The standard InChI is InChI=1S/C38H58N10O12/c1-18(2)30(41)36(58)47-37(59)31(19(3)4)46-35(57)27-7-6-14-48(27)38(60)25(15-21-8-10-22(51)11-9-21)45-33(55)24(16-29(40)53)44-32(54)23(12-13-28(39)52)43-34(56)26(17-49)42-20(5)50/h8-11,18-19,23-27,30-31,49,51H,6-7,12-17,41H2,1-5H3,(H2,39,52)(H2,40,53)(H,42,50)(H,43,56)(H,44,54)(H,45,55)(H,46,57)(H,47,58,59)/t23-,24-,25-,26-,27-,30-,31-/m0/s1. The first kappa shape index (κ1) is 50.0. The maximum Gasteiger partial charge on any atom is 0.249 e. The number of nitrogens with zero attached hydrogens (tertiary/aromatic N) is 1. The number of primary amides is 2. The predicted molar refractivity (Wildman–Crippen MR) is 212 cm³/mol. The summed E-state index contributed by atoms with van der Waals surface area (Å²) in [5.41, 5.74) is 17.0. The molecule has 0 unspecified atom stereocenters. The largest absolute Gasteiger partial charge is 0.508 e. The van der Waals surface area contributed by atoms with Gasteiger partial charge >= 0.3 is 0 Å². The van der Waals surface area contributed by atoms with Crippen molar-refractivity contribution in [3.63, 3.8) is 0 Å². The van der Waals surface area contributed by atoms with Crippen LogP contribution in [0.2, 0.25) is 0 Å². The number of rotatable bonds is 22. The van der Waals surface area contributed by atoms with Crippen molar-refractivity contribution < 1.29 is 58.2 Å². The van der Waals surface area contributed by atoms with Crippen molar-refractivity contribution in [1.82, 2.24) is 36.8 Å². The van der Waals surface area contributed by atoms with Crippen molar-refractivity contribution in [2.45, 2.75) is 115 Å². The van der Waals surface area contributed by atoms with Gasteiger partial charge < -0.3 is 58.9 Å². The Labute approximate surface area is 346 Å². The molecular weight excluding hydrogens is 788 g/mol. The van der Waals surface area contributed by atoms with Crippen molar-refractivity contribution in [2.24, 2.45) is 29.0 Å². The van der Waals surface area contributed by atoms with Gasteiger partial charge in [-0.2, -0.15) is 0 Å². The minimum Gasteiger partial charge on any atom is -0.508 e. The van der Waals surface area contributed by atoms with Gasteiger partial charge in [0, 0.05) is 26.3 Å². The van der Waals surface area contributed by atoms with Crippen molar-refractivity contribution in [1.29, 1.82) is 0 Å². The topological polar surface area (TPSA) is 365 Å². The Kier molecular flexibility index (Phi) is 19.5. The van der Waals surface area contributed by atoms with Gasteiger partial charge in [-0.1, -0.05) is 39.8 Å². The van der Waals surface area contributed by atoms with Gasteiger partial charge in [0.1, 0.15) is 42.0 Å². The molecule has 0 aliphatic carbocycles. The number of carbonyl (C=O) groups is 10. The highest BCUT2D eigenvalue weighted by molar-refractivity contribution is 6.02. The van der Waals surface area contributed by atoms with Gasteiger partial charge in [-0.15, -0.1) is 0 Å². The van der Waals surface area contributed by atoms with Gasteiger partial charge in [-0.25, -0.2) is 0 Å². The van der Waals surface area contributed by atoms with Crippen molar-refractivity contribution >= 4 is 59.1 Å². The summed E-state index contributed by atoms with van der Waals surface area (Å²) in [7, 11) is 0. The maximum absolute atomic E-state index is 14.3. The fourth-order valence-corrected chi connectivity index (χ4v) is 6.16. The Hall–Kier alpha value is -6.16. The number of carbonyl (C=O) groups excluding carboxylic acids is 10. The first-order valence-corrected chi connectivity index (χ1v) is 19.4. The van der Waals surface area contributed by atoms with Crippen LogP contribution in [0.25, 0.3) is 0 Å². The van der Waals surface area contributed by atoms with Gasteiger partial charge in [0.15, 0.2) is 0 Å². The van der Waals surface area contributed by atoms with E-state index >= 15 is 0 Å². The highest BCUT2D eigenvalue weighted by atomic mass is 16.3. The van der Waals surface area contributed by atoms with Crippen LogP contribution in [0.1, 0.15) is 72.3 Å². The summed E-state index contributed by atoms with van der Waals surface area (Å²) in [4.78, 5) is 131. The number of amides is 10. The van der Waals surface area contributed by atoms with Crippen LogP contribution in [0, 0.1) is 11.8 Å². The summed E-state index contributed by atoms with van der Waals surface area (Å²) in [5.74, 6) is -9.69. The molecule has 1 aliphatic rings. The second-order valence-electron chi connectivity index (χ2n) is 15.2. The molecule has 10 amide bonds. The molecule has 1 saturated heterocycles. The average Bonchev–Trinajstić information content (AvgIpc) is 3.66. The van der Waals surface area contributed by atoms with Crippen LogP contribution in [-0.4, -0.2) is 130 Å². The third-order valence-corrected chi connectivity index (χ3v) is 9.57. The molecule has 1 aromatic carbocycles. The maximum atomic E-state index is 14.3. The molecule has 0 aromatic heterocycles. The Bertz CT molecular complexity index is 1760. The first-order valence-electron chi connectivity index (χ1n) is 19.4. The minimum atomic E-state index is -1.77. The van der Waals surface area contributed by atoms with E-state index in [0.717, 1.165) is 6.92 Å². The number of hydrogen-bond acceptors (Lipinski definition) is 13. The van der Waals surface area contributed by atoms with E-state index in [-0.39, 0.29) is 31.1 Å². The number of phenols is 1. The van der Waals surface area contributed by atoms with Crippen molar-refractivity contribution in [2.75, 3.05) is 13.2 Å². The molecule has 2 rings (SSSR count). The van der Waals surface area contributed by atoms with E-state index in [4.69, 9.17) is 17.2 Å². The molecule has 1 aliphatic heterocycles. The highest BCUT2D eigenvalue weighted by Crippen LogP contribution is 2.21. The highest BCUT2D eigenvalue weighted by Gasteiger charge is 2.41. The summed E-state index contributed by atoms with van der Waals surface area (Å²) in [6, 6.07) is -3.99. The monoisotopic (exact) mass is 846 g/mol. The normalized spacial score (nSPS) is 16.6. The predicted octanol–water partition coefficient (Wildman–Crippen LogP) is -4.22. The van der Waals surface area contributed by atoms with Gasteiger partial charge in [-0.05, 0) is 48.8 Å². The lowest BCUT2D eigenvalue weighted by Gasteiger charge is -2.31. The van der Waals surface area contributed by atoms with E-state index < -0.39 is 133 Å². The Morgan fingerprint density at radius 2 is 1.30 bits per heavy atom. The fraction of sp³-hybridized carbons (Fsp3) is 0.579. The van der Waals surface area contributed by atoms with Gasteiger partial charge in [0.25, 0.3) is 0 Å². The smallest absolute Gasteiger partial charge is 0.249 e. The summed E-state index contributed by atoms with van der Waals surface area (Å²) in [6.45, 7) is 6.96. The van der Waals surface area contributed by atoms with Crippen LogP contribution in [0.4, 0.5) is 0 Å². The third-order valence-electron chi connectivity index (χ3n) is 9.57. The summed E-state index contributed by atoms with van der Waals surface area (Å²) in [5, 5.41) is 33.6. The number of benzene rings is 1. The number of aromatic hydroxyl groups is 1. The van der Waals surface area contributed by atoms with Crippen LogP contribution < -0.4 is 49.1 Å². The minimum absolute atomic E-state index is 0.0507. The number of nitrogens with two attached hydrogens (primary N) is 3. The Morgan fingerprint density at radius 3 is 1.83 bits per heavy atom. The van der Waals surface area contributed by atoms with Gasteiger partial charge in [0.2, 0.25) is 59.1 Å². The van der Waals surface area contributed by atoms with Crippen molar-refractivity contribution in [3.8, 4) is 5.75 Å². The number of phenolic OH excluding ortho intramolecular Hbond substituents is 1. The molecule has 1 heterocycles. The number of imide groups is 1. The average molecular weight is 847 g/mol. The zero-order valence-electron chi connectivity index (χ0n) is 34.3. The van der Waals surface area contributed by atoms with E-state index in [1.807, 2.05) is 0 Å². The van der Waals surface area contributed by atoms with E-state index in [2.05, 4.69) is 31.9 Å². The van der Waals surface area contributed by atoms with E-state index in [1.165, 1.54) is 29.2 Å². The Morgan fingerprint density at radius 1 is 0.733 bits per heavy atom. The van der Waals surface area contributed by atoms with E-state index in [9.17, 15) is 58.2 Å². The molecular formula is C38H58N10O12. The number of aliphatic hydroxyl groups excluding tert-OH is 1. The lowest BCUT2D eigenvalue weighted by Crippen LogP contribution is -2.61. The Balaban J connectivity index is 2.42. The summed E-state index contributed by atoms with van der Waals surface area (Å²) in [6.07, 6.45) is -1.35. The summed E-state index contributed by atoms with van der Waals surface area (Å²) >= 11 is 0. The van der Waals surface area contributed by atoms with Gasteiger partial charge in [0.05, 0.1) is 19.1 Å². The molecule has 0 spiro atoms. The lowest BCUT2D eigenvalue weighted by molar-refractivity contribution is -0.143. The zero-order valence-corrected chi connectivity index (χ0v) is 34.3. The van der Waals surface area contributed by atoms with Crippen molar-refractivity contribution in [3.05, 3.63) is 29.8 Å². The van der Waals surface area contributed by atoms with E-state index in [1.54, 1.807) is 27.7 Å². The molecule has 0 radical (unpaired) electrons. The van der Waals surface area contributed by atoms with Crippen LogP contribution >= 0.6 is 0 Å². The number of likely N-dealkylation sites (tertiary alicyclic amines) is 1. The van der Waals surface area contributed by atoms with E-state index in [0.29, 0.717) is 12.0 Å².